The predicted molar refractivity (Wildman–Crippen MR) is 212 cm³/mol. The summed E-state index contributed by atoms with van der Waals surface area (Å²) in [7, 11) is -1.98. The maximum Gasteiger partial charge on any atom is 0.00387 e. The lowest BCUT2D eigenvalue weighted by Crippen LogP contribution is -2.20. The topological polar surface area (TPSA) is 0 Å². The molecule has 0 spiro atoms. The SMILES string of the molecule is c1ccc(P(C(=C(c2cccc3ccccc23)c2cccc3ccccc23)P(c2ccccc2)c2ccccc2)c2ccccc2)cc1. The summed E-state index contributed by atoms with van der Waals surface area (Å²) >= 11 is 0. The first-order valence-corrected chi connectivity index (χ1v) is 19.1. The molecule has 0 amide bonds. The molecule has 48 heavy (non-hydrogen) atoms. The Morgan fingerprint density at radius 2 is 0.562 bits per heavy atom. The van der Waals surface area contributed by atoms with E-state index in [-0.39, 0.29) is 0 Å². The molecule has 0 aliphatic heterocycles. The highest BCUT2D eigenvalue weighted by molar-refractivity contribution is 7.95. The van der Waals surface area contributed by atoms with Gasteiger partial charge in [0.25, 0.3) is 0 Å². The average Bonchev–Trinajstić information content (AvgIpc) is 3.17. The second-order valence-electron chi connectivity index (χ2n) is 11.8. The second kappa shape index (κ2) is 13.9. The largest absolute Gasteiger partial charge is 0.0622 e. The van der Waals surface area contributed by atoms with E-state index in [1.807, 2.05) is 0 Å². The van der Waals surface area contributed by atoms with Gasteiger partial charge >= 0.3 is 0 Å². The van der Waals surface area contributed by atoms with Gasteiger partial charge in [0.1, 0.15) is 0 Å². The Balaban J connectivity index is 1.63. The molecule has 8 aromatic rings. The summed E-state index contributed by atoms with van der Waals surface area (Å²) in [6.07, 6.45) is 0. The van der Waals surface area contributed by atoms with Crippen LogP contribution in [0.1, 0.15) is 11.1 Å². The molecule has 0 unspecified atom stereocenters. The van der Waals surface area contributed by atoms with Gasteiger partial charge in [0.2, 0.25) is 0 Å². The van der Waals surface area contributed by atoms with Gasteiger partial charge in [-0.25, -0.2) is 0 Å². The lowest BCUT2D eigenvalue weighted by molar-refractivity contribution is 1.61. The fourth-order valence-electron chi connectivity index (χ4n) is 6.69. The van der Waals surface area contributed by atoms with E-state index in [1.165, 1.54) is 64.5 Å². The van der Waals surface area contributed by atoms with Crippen molar-refractivity contribution in [2.45, 2.75) is 0 Å². The molecule has 0 saturated heterocycles. The van der Waals surface area contributed by atoms with Gasteiger partial charge in [0, 0.05) is 5.06 Å². The smallest absolute Gasteiger partial charge is 0.00387 e. The fraction of sp³-hybridized carbons (Fsp3) is 0. The highest BCUT2D eigenvalue weighted by Crippen LogP contribution is 2.64. The van der Waals surface area contributed by atoms with E-state index in [0.29, 0.717) is 0 Å². The van der Waals surface area contributed by atoms with Gasteiger partial charge < -0.3 is 0 Å². The lowest BCUT2D eigenvalue weighted by atomic mass is 9.91. The third kappa shape index (κ3) is 5.91. The minimum atomic E-state index is -0.990. The van der Waals surface area contributed by atoms with Gasteiger partial charge in [-0.05, 0) is 75.3 Å². The Bertz CT molecular complexity index is 2070. The van der Waals surface area contributed by atoms with Crippen LogP contribution in [0.4, 0.5) is 0 Å². The number of hydrogen-bond acceptors (Lipinski definition) is 0. The van der Waals surface area contributed by atoms with Crippen LogP contribution in [-0.4, -0.2) is 0 Å². The highest BCUT2D eigenvalue weighted by Gasteiger charge is 2.33. The predicted octanol–water partition coefficient (Wildman–Crippen LogP) is 11.0. The van der Waals surface area contributed by atoms with Crippen molar-refractivity contribution in [3.05, 3.63) is 222 Å². The first kappa shape index (κ1) is 30.2. The van der Waals surface area contributed by atoms with Crippen molar-refractivity contribution in [2.24, 2.45) is 0 Å². The molecule has 0 heterocycles. The van der Waals surface area contributed by atoms with Gasteiger partial charge in [-0.2, -0.15) is 0 Å². The Labute approximate surface area is 285 Å². The van der Waals surface area contributed by atoms with Crippen molar-refractivity contribution >= 4 is 64.2 Å². The minimum absolute atomic E-state index is 0.990. The molecule has 0 saturated carbocycles. The van der Waals surface area contributed by atoms with Crippen LogP contribution in [0, 0.1) is 0 Å². The summed E-state index contributed by atoms with van der Waals surface area (Å²) in [4.78, 5) is 0. The summed E-state index contributed by atoms with van der Waals surface area (Å²) < 4.78 is 0. The molecule has 0 aromatic heterocycles. The minimum Gasteiger partial charge on any atom is -0.0622 e. The molecule has 8 rings (SSSR count). The van der Waals surface area contributed by atoms with Crippen molar-refractivity contribution < 1.29 is 0 Å². The van der Waals surface area contributed by atoms with Crippen molar-refractivity contribution in [3.8, 4) is 0 Å². The van der Waals surface area contributed by atoms with Crippen LogP contribution >= 0.6 is 15.8 Å². The third-order valence-electron chi connectivity index (χ3n) is 8.82. The number of benzene rings is 8. The van der Waals surface area contributed by atoms with E-state index in [0.717, 1.165) is 0 Å². The van der Waals surface area contributed by atoms with Crippen LogP contribution in [0.15, 0.2) is 211 Å². The summed E-state index contributed by atoms with van der Waals surface area (Å²) in [5, 5.41) is 11.9. The van der Waals surface area contributed by atoms with Gasteiger partial charge in [-0.1, -0.05) is 206 Å². The van der Waals surface area contributed by atoms with Gasteiger partial charge in [0.05, 0.1) is 0 Å². The maximum absolute atomic E-state index is 2.35. The molecule has 0 atom stereocenters. The van der Waals surface area contributed by atoms with Crippen molar-refractivity contribution in [2.75, 3.05) is 0 Å². The Hall–Kier alpha value is -5.12. The van der Waals surface area contributed by atoms with E-state index in [2.05, 4.69) is 206 Å². The summed E-state index contributed by atoms with van der Waals surface area (Å²) in [5.74, 6) is 0. The molecule has 0 aliphatic rings. The van der Waals surface area contributed by atoms with E-state index in [4.69, 9.17) is 0 Å². The molecule has 0 N–H and O–H groups in total. The second-order valence-corrected chi connectivity index (χ2v) is 16.4. The van der Waals surface area contributed by atoms with Crippen molar-refractivity contribution in [3.63, 3.8) is 0 Å². The number of fused-ring (bicyclic) bond motifs is 2. The summed E-state index contributed by atoms with van der Waals surface area (Å²) in [6.45, 7) is 0. The van der Waals surface area contributed by atoms with E-state index < -0.39 is 15.8 Å². The zero-order valence-corrected chi connectivity index (χ0v) is 28.3. The number of rotatable bonds is 8. The standard InChI is InChI=1S/C46H34P2/c1-5-23-37(24-6-1)47(38-25-7-2-8-26-38)46(48(39-27-9-3-10-28-39)40-29-11-4-12-30-40)45(43-33-17-21-35-19-13-15-31-41(35)43)44-34-18-22-36-20-14-16-32-42(36)44/h1-34H. The molecule has 0 radical (unpaired) electrons. The van der Waals surface area contributed by atoms with Crippen LogP contribution in [0.5, 0.6) is 0 Å². The maximum atomic E-state index is 2.35. The lowest BCUT2D eigenvalue weighted by Gasteiger charge is -2.33. The van der Waals surface area contributed by atoms with Crippen LogP contribution < -0.4 is 21.2 Å². The van der Waals surface area contributed by atoms with E-state index in [9.17, 15) is 0 Å². The molecule has 0 fully saturated rings. The average molecular weight is 649 g/mol. The van der Waals surface area contributed by atoms with Crippen LogP contribution in [0.2, 0.25) is 0 Å². The molecular formula is C46H34P2. The molecular weight excluding hydrogens is 614 g/mol. The molecule has 0 nitrogen and oxygen atoms in total. The molecule has 0 aliphatic carbocycles. The first-order valence-electron chi connectivity index (χ1n) is 16.4. The zero-order valence-electron chi connectivity index (χ0n) is 26.5. The Morgan fingerprint density at radius 1 is 0.271 bits per heavy atom. The Morgan fingerprint density at radius 3 is 0.917 bits per heavy atom. The Kier molecular flexibility index (Phi) is 8.77. The van der Waals surface area contributed by atoms with Gasteiger partial charge in [0.15, 0.2) is 0 Å². The first-order chi connectivity index (χ1) is 23.9. The fourth-order valence-corrected chi connectivity index (χ4v) is 13.3. The number of hydrogen-bond donors (Lipinski definition) is 0. The molecule has 2 heteroatoms. The van der Waals surface area contributed by atoms with Crippen LogP contribution in [-0.2, 0) is 0 Å². The van der Waals surface area contributed by atoms with Crippen LogP contribution in [0.25, 0.3) is 27.1 Å². The van der Waals surface area contributed by atoms with Crippen LogP contribution in [0.3, 0.4) is 0 Å². The summed E-state index contributed by atoms with van der Waals surface area (Å²) in [6, 6.07) is 76.3. The third-order valence-corrected chi connectivity index (χ3v) is 14.6. The van der Waals surface area contributed by atoms with Crippen molar-refractivity contribution in [1.82, 2.24) is 0 Å². The normalized spacial score (nSPS) is 11.3. The monoisotopic (exact) mass is 648 g/mol. The molecule has 228 valence electrons. The molecule has 8 aromatic carbocycles. The zero-order chi connectivity index (χ0) is 32.1. The highest BCUT2D eigenvalue weighted by atomic mass is 31.2. The van der Waals surface area contributed by atoms with Gasteiger partial charge in [-0.3, -0.25) is 0 Å². The van der Waals surface area contributed by atoms with E-state index >= 15 is 0 Å². The van der Waals surface area contributed by atoms with E-state index in [1.54, 1.807) is 0 Å². The van der Waals surface area contributed by atoms with Crippen molar-refractivity contribution in [1.29, 1.82) is 0 Å². The molecule has 0 bridgehead atoms. The quantitative estimate of drug-likeness (QED) is 0.144. The van der Waals surface area contributed by atoms with Gasteiger partial charge in [-0.15, -0.1) is 0 Å². The summed E-state index contributed by atoms with van der Waals surface area (Å²) in [5.41, 5.74) is 3.89.